The van der Waals surface area contributed by atoms with Gasteiger partial charge in [-0.3, -0.25) is 9.74 Å². The van der Waals surface area contributed by atoms with Crippen LogP contribution in [0.2, 0.25) is 0 Å². The molecule has 2 heterocycles. The third-order valence-electron chi connectivity index (χ3n) is 4.88. The minimum Gasteiger partial charge on any atom is -0.493 e. The lowest BCUT2D eigenvalue weighted by Crippen LogP contribution is -2.37. The molecule has 0 amide bonds. The van der Waals surface area contributed by atoms with Crippen molar-refractivity contribution in [2.75, 3.05) is 59.7 Å². The third-order valence-corrected chi connectivity index (χ3v) is 4.88. The van der Waals surface area contributed by atoms with Crippen LogP contribution in [0.1, 0.15) is 24.8 Å². The molecule has 1 atom stereocenters. The van der Waals surface area contributed by atoms with Crippen molar-refractivity contribution < 1.29 is 24.2 Å². The number of hydrogen-bond acceptors (Lipinski definition) is 7. The number of rotatable bonds is 8. The molecule has 0 saturated carbocycles. The van der Waals surface area contributed by atoms with Gasteiger partial charge in [0.1, 0.15) is 12.7 Å². The second-order valence-electron chi connectivity index (χ2n) is 7.12. The van der Waals surface area contributed by atoms with E-state index in [2.05, 4.69) is 4.90 Å². The van der Waals surface area contributed by atoms with Crippen LogP contribution in [0.3, 0.4) is 0 Å². The maximum atomic E-state index is 10.4. The van der Waals surface area contributed by atoms with E-state index in [0.717, 1.165) is 70.8 Å². The van der Waals surface area contributed by atoms with Gasteiger partial charge in [-0.1, -0.05) is 6.07 Å². The Labute approximate surface area is 161 Å². The van der Waals surface area contributed by atoms with Crippen LogP contribution in [0.4, 0.5) is 0 Å². The fourth-order valence-corrected chi connectivity index (χ4v) is 3.43. The van der Waals surface area contributed by atoms with Crippen LogP contribution in [0.5, 0.6) is 11.5 Å². The van der Waals surface area contributed by atoms with E-state index in [-0.39, 0.29) is 6.61 Å². The van der Waals surface area contributed by atoms with Crippen LogP contribution >= 0.6 is 0 Å². The minimum atomic E-state index is -0.554. The maximum absolute atomic E-state index is 10.4. The predicted octanol–water partition coefficient (Wildman–Crippen LogP) is 1.68. The molecule has 1 N–H and O–H groups in total. The summed E-state index contributed by atoms with van der Waals surface area (Å²) < 4.78 is 16.8. The average molecular weight is 380 g/mol. The Bertz CT molecular complexity index is 557. The second kappa shape index (κ2) is 10.8. The van der Waals surface area contributed by atoms with Gasteiger partial charge in [0.2, 0.25) is 0 Å². The number of aliphatic hydroxyl groups is 1. The first kappa shape index (κ1) is 20.4. The Hall–Kier alpha value is -1.38. The molecule has 152 valence electrons. The molecule has 0 bridgehead atoms. The van der Waals surface area contributed by atoms with Crippen molar-refractivity contribution >= 4 is 0 Å². The maximum Gasteiger partial charge on any atom is 0.161 e. The fourth-order valence-electron chi connectivity index (χ4n) is 3.43. The van der Waals surface area contributed by atoms with E-state index in [1.165, 1.54) is 0 Å². The van der Waals surface area contributed by atoms with E-state index >= 15 is 0 Å². The van der Waals surface area contributed by atoms with Gasteiger partial charge in [-0.05, 0) is 37.0 Å². The summed E-state index contributed by atoms with van der Waals surface area (Å²) in [4.78, 5) is 7.90. The highest BCUT2D eigenvalue weighted by Gasteiger charge is 2.17. The molecular weight excluding hydrogens is 348 g/mol. The number of benzene rings is 1. The number of aliphatic hydroxyl groups excluding tert-OH is 1. The Morgan fingerprint density at radius 3 is 2.81 bits per heavy atom. The zero-order valence-electron chi connectivity index (χ0n) is 16.3. The molecule has 7 nitrogen and oxygen atoms in total. The summed E-state index contributed by atoms with van der Waals surface area (Å²) in [5.74, 6) is 1.33. The van der Waals surface area contributed by atoms with Gasteiger partial charge in [-0.15, -0.1) is 0 Å². The molecule has 2 saturated heterocycles. The van der Waals surface area contributed by atoms with E-state index < -0.39 is 6.10 Å². The molecule has 2 fully saturated rings. The molecular formula is C20H32N2O5. The van der Waals surface area contributed by atoms with Gasteiger partial charge < -0.3 is 19.3 Å². The summed E-state index contributed by atoms with van der Waals surface area (Å²) in [7, 11) is 1.63. The molecule has 0 radical (unpaired) electrons. The number of methoxy groups -OCH3 is 1. The van der Waals surface area contributed by atoms with Gasteiger partial charge in [0.25, 0.3) is 0 Å². The Morgan fingerprint density at radius 2 is 2.00 bits per heavy atom. The third kappa shape index (κ3) is 6.62. The van der Waals surface area contributed by atoms with Crippen molar-refractivity contribution in [3.63, 3.8) is 0 Å². The largest absolute Gasteiger partial charge is 0.493 e. The molecule has 0 aliphatic carbocycles. The van der Waals surface area contributed by atoms with Crippen LogP contribution in [-0.4, -0.2) is 80.9 Å². The number of β-amino-alcohol motifs (C(OH)–C–C–N with tert-alkyl or cyclic N) is 1. The quantitative estimate of drug-likeness (QED) is 0.736. The normalized spacial score (nSPS) is 20.8. The van der Waals surface area contributed by atoms with Crippen LogP contribution in [0.15, 0.2) is 18.2 Å². The van der Waals surface area contributed by atoms with E-state index in [0.29, 0.717) is 18.0 Å². The summed E-state index contributed by atoms with van der Waals surface area (Å²) in [5.41, 5.74) is 1.10. The van der Waals surface area contributed by atoms with Gasteiger partial charge in [-0.2, -0.15) is 5.06 Å². The molecule has 3 rings (SSSR count). The smallest absolute Gasteiger partial charge is 0.161 e. The molecule has 1 aromatic rings. The first-order valence-corrected chi connectivity index (χ1v) is 9.90. The number of nitrogens with zero attached hydrogens (tertiary/aromatic N) is 2. The van der Waals surface area contributed by atoms with Gasteiger partial charge in [-0.25, -0.2) is 0 Å². The molecule has 2 aliphatic heterocycles. The predicted molar refractivity (Wildman–Crippen MR) is 102 cm³/mol. The highest BCUT2D eigenvalue weighted by atomic mass is 16.7. The zero-order chi connectivity index (χ0) is 18.9. The summed E-state index contributed by atoms with van der Waals surface area (Å²) >= 11 is 0. The minimum absolute atomic E-state index is 0.234. The SMILES string of the molecule is COc1ccc(CN2CCCCO2)cc1OCC(O)CN1CCCOCC1. The standard InChI is InChI=1S/C20H32N2O5/c1-24-19-6-5-17(14-22-8-2-3-11-27-22)13-20(19)26-16-18(23)15-21-7-4-10-25-12-9-21/h5-6,13,18,23H,2-4,7-12,14-16H2,1H3. The van der Waals surface area contributed by atoms with E-state index in [4.69, 9.17) is 19.0 Å². The molecule has 1 unspecified atom stereocenters. The Balaban J connectivity index is 1.53. The lowest BCUT2D eigenvalue weighted by molar-refractivity contribution is -0.187. The van der Waals surface area contributed by atoms with Crippen LogP contribution in [0, 0.1) is 0 Å². The number of hydroxylamine groups is 2. The monoisotopic (exact) mass is 380 g/mol. The topological polar surface area (TPSA) is 63.6 Å². The van der Waals surface area contributed by atoms with E-state index in [1.807, 2.05) is 23.3 Å². The van der Waals surface area contributed by atoms with Crippen LogP contribution in [0.25, 0.3) is 0 Å². The average Bonchev–Trinajstić information content (AvgIpc) is 2.96. The molecule has 7 heteroatoms. The van der Waals surface area contributed by atoms with E-state index in [9.17, 15) is 5.11 Å². The summed E-state index contributed by atoms with van der Waals surface area (Å²) in [5, 5.41) is 12.4. The van der Waals surface area contributed by atoms with Crippen molar-refractivity contribution in [2.24, 2.45) is 0 Å². The van der Waals surface area contributed by atoms with Crippen LogP contribution in [-0.2, 0) is 16.1 Å². The fraction of sp³-hybridized carbons (Fsp3) is 0.700. The van der Waals surface area contributed by atoms with Crippen molar-refractivity contribution in [3.05, 3.63) is 23.8 Å². The van der Waals surface area contributed by atoms with Gasteiger partial charge in [0.15, 0.2) is 11.5 Å². The second-order valence-corrected chi connectivity index (χ2v) is 7.12. The first-order chi connectivity index (χ1) is 13.2. The van der Waals surface area contributed by atoms with Gasteiger partial charge in [0, 0.05) is 39.3 Å². The highest BCUT2D eigenvalue weighted by molar-refractivity contribution is 5.43. The summed E-state index contributed by atoms with van der Waals surface area (Å²) in [6.07, 6.45) is 2.73. The Morgan fingerprint density at radius 1 is 1.07 bits per heavy atom. The van der Waals surface area contributed by atoms with Crippen molar-refractivity contribution in [1.29, 1.82) is 0 Å². The highest BCUT2D eigenvalue weighted by Crippen LogP contribution is 2.29. The van der Waals surface area contributed by atoms with Crippen molar-refractivity contribution in [3.8, 4) is 11.5 Å². The summed E-state index contributed by atoms with van der Waals surface area (Å²) in [6, 6.07) is 5.91. The van der Waals surface area contributed by atoms with Crippen molar-refractivity contribution in [2.45, 2.75) is 31.9 Å². The first-order valence-electron chi connectivity index (χ1n) is 9.90. The lowest BCUT2D eigenvalue weighted by atomic mass is 10.2. The van der Waals surface area contributed by atoms with Gasteiger partial charge in [0.05, 0.1) is 20.3 Å². The van der Waals surface area contributed by atoms with Crippen molar-refractivity contribution in [1.82, 2.24) is 9.96 Å². The molecule has 0 spiro atoms. The molecule has 27 heavy (non-hydrogen) atoms. The summed E-state index contributed by atoms with van der Waals surface area (Å²) in [6.45, 7) is 6.60. The van der Waals surface area contributed by atoms with Gasteiger partial charge >= 0.3 is 0 Å². The zero-order valence-corrected chi connectivity index (χ0v) is 16.3. The van der Waals surface area contributed by atoms with Crippen LogP contribution < -0.4 is 9.47 Å². The number of hydrogen-bond donors (Lipinski definition) is 1. The Kier molecular flexibility index (Phi) is 8.16. The molecule has 0 aromatic heterocycles. The lowest BCUT2D eigenvalue weighted by Gasteiger charge is -2.26. The van der Waals surface area contributed by atoms with E-state index in [1.54, 1.807) is 7.11 Å². The molecule has 1 aromatic carbocycles. The number of ether oxygens (including phenoxy) is 3. The molecule has 2 aliphatic rings.